The molecule has 9 nitrogen and oxygen atoms in total. The van der Waals surface area contributed by atoms with Crippen molar-refractivity contribution in [3.8, 4) is 11.3 Å². The van der Waals surface area contributed by atoms with Gasteiger partial charge in [-0.25, -0.2) is 12.4 Å². The minimum atomic E-state index is -3.82. The molecule has 1 aromatic carbocycles. The van der Waals surface area contributed by atoms with E-state index < -0.39 is 10.0 Å². The van der Waals surface area contributed by atoms with Gasteiger partial charge in [-0.05, 0) is 42.0 Å². The molecule has 4 rings (SSSR count). The molecule has 0 radical (unpaired) electrons. The van der Waals surface area contributed by atoms with Crippen molar-refractivity contribution in [1.29, 1.82) is 0 Å². The van der Waals surface area contributed by atoms with Crippen molar-refractivity contribution in [3.05, 3.63) is 85.1 Å². The van der Waals surface area contributed by atoms with Gasteiger partial charge in [0.2, 0.25) is 5.91 Å². The van der Waals surface area contributed by atoms with Crippen LogP contribution in [0, 0.1) is 0 Å². The van der Waals surface area contributed by atoms with Gasteiger partial charge >= 0.3 is 0 Å². The van der Waals surface area contributed by atoms with Gasteiger partial charge < -0.3 is 11.1 Å². The number of pyridine rings is 1. The molecule has 0 aliphatic rings. The molecular formula is C22H20N6O3S. The van der Waals surface area contributed by atoms with E-state index in [1.165, 1.54) is 36.8 Å². The maximum Gasteiger partial charge on any atom is 0.269 e. The molecule has 0 saturated carbocycles. The summed E-state index contributed by atoms with van der Waals surface area (Å²) in [6, 6.07) is 11.6. The molecule has 1 amide bonds. The third kappa shape index (κ3) is 4.44. The fraction of sp³-hybridized carbons (Fsp3) is 0.0455. The number of nitrogen functional groups attached to an aromatic ring is 1. The quantitative estimate of drug-likeness (QED) is 0.345. The normalized spacial score (nSPS) is 11.7. The molecule has 0 unspecified atom stereocenters. The summed E-state index contributed by atoms with van der Waals surface area (Å²) in [7, 11) is -2.03. The lowest BCUT2D eigenvalue weighted by atomic mass is 10.2. The van der Waals surface area contributed by atoms with E-state index in [0.717, 1.165) is 9.54 Å². The van der Waals surface area contributed by atoms with E-state index >= 15 is 0 Å². The number of carbonyl (C=O) groups is 1. The molecule has 0 saturated heterocycles. The van der Waals surface area contributed by atoms with E-state index in [9.17, 15) is 13.2 Å². The maximum atomic E-state index is 12.9. The summed E-state index contributed by atoms with van der Waals surface area (Å²) in [6.07, 6.45) is 10.4. The standard InChI is InChI=1S/C22H20N6O3S/c1-27-15-17(12-25-27)20-8-7-18(13-24-20)32(30,31)28-11-10-16(14-28)6-9-22(29)26-21-5-3-2-4-19(21)23/h2-15H,23H2,1H3,(H,26,29). The predicted octanol–water partition coefficient (Wildman–Crippen LogP) is 2.75. The first-order valence-electron chi connectivity index (χ1n) is 9.55. The van der Waals surface area contributed by atoms with Gasteiger partial charge in [-0.1, -0.05) is 12.1 Å². The highest BCUT2D eigenvalue weighted by atomic mass is 32.2. The number of amides is 1. The van der Waals surface area contributed by atoms with Crippen molar-refractivity contribution in [2.45, 2.75) is 4.90 Å². The van der Waals surface area contributed by atoms with E-state index in [1.807, 2.05) is 0 Å². The molecule has 0 aliphatic heterocycles. The minimum Gasteiger partial charge on any atom is -0.397 e. The van der Waals surface area contributed by atoms with Gasteiger partial charge in [0.25, 0.3) is 10.0 Å². The Morgan fingerprint density at radius 3 is 2.59 bits per heavy atom. The van der Waals surface area contributed by atoms with Crippen molar-refractivity contribution in [2.75, 3.05) is 11.1 Å². The molecule has 4 aromatic rings. The Balaban J connectivity index is 1.48. The van der Waals surface area contributed by atoms with Gasteiger partial charge in [0.15, 0.2) is 0 Å². The van der Waals surface area contributed by atoms with Crippen LogP contribution in [0.4, 0.5) is 11.4 Å². The summed E-state index contributed by atoms with van der Waals surface area (Å²) >= 11 is 0. The van der Waals surface area contributed by atoms with Crippen molar-refractivity contribution in [1.82, 2.24) is 18.7 Å². The summed E-state index contributed by atoms with van der Waals surface area (Å²) in [5.41, 5.74) is 8.73. The van der Waals surface area contributed by atoms with Gasteiger partial charge in [0.05, 0.1) is 23.3 Å². The number of anilines is 2. The average Bonchev–Trinajstić information content (AvgIpc) is 3.44. The molecule has 0 spiro atoms. The van der Waals surface area contributed by atoms with Crippen LogP contribution in [0.5, 0.6) is 0 Å². The molecule has 0 bridgehead atoms. The van der Waals surface area contributed by atoms with E-state index in [1.54, 1.807) is 60.5 Å². The van der Waals surface area contributed by atoms with Gasteiger partial charge in [-0.3, -0.25) is 14.5 Å². The smallest absolute Gasteiger partial charge is 0.269 e. The second-order valence-corrected chi connectivity index (χ2v) is 8.81. The SMILES string of the molecule is Cn1cc(-c2ccc(S(=O)(=O)n3ccc(C=CC(=O)Nc4ccccc4N)c3)cn2)cn1. The van der Waals surface area contributed by atoms with Crippen LogP contribution in [-0.2, 0) is 21.9 Å². The zero-order valence-electron chi connectivity index (χ0n) is 17.1. The summed E-state index contributed by atoms with van der Waals surface area (Å²) in [4.78, 5) is 16.4. The van der Waals surface area contributed by atoms with Crippen LogP contribution in [-0.4, -0.2) is 33.1 Å². The first kappa shape index (κ1) is 21.1. The summed E-state index contributed by atoms with van der Waals surface area (Å²) < 4.78 is 28.5. The predicted molar refractivity (Wildman–Crippen MR) is 122 cm³/mol. The molecule has 0 atom stereocenters. The van der Waals surface area contributed by atoms with E-state index in [-0.39, 0.29) is 10.8 Å². The van der Waals surface area contributed by atoms with Crippen LogP contribution in [0.1, 0.15) is 5.56 Å². The third-order valence-corrected chi connectivity index (χ3v) is 6.27. The maximum absolute atomic E-state index is 12.9. The summed E-state index contributed by atoms with van der Waals surface area (Å²) in [5.74, 6) is -0.381. The van der Waals surface area contributed by atoms with Crippen molar-refractivity contribution in [2.24, 2.45) is 7.05 Å². The highest BCUT2D eigenvalue weighted by Crippen LogP contribution is 2.20. The Kier molecular flexibility index (Phi) is 5.61. The third-order valence-electron chi connectivity index (χ3n) is 4.65. The topological polar surface area (TPSA) is 125 Å². The first-order chi connectivity index (χ1) is 15.3. The van der Waals surface area contributed by atoms with E-state index in [4.69, 9.17) is 5.73 Å². The Hall–Kier alpha value is -4.18. The summed E-state index contributed by atoms with van der Waals surface area (Å²) in [6.45, 7) is 0. The highest BCUT2D eigenvalue weighted by molar-refractivity contribution is 7.90. The van der Waals surface area contributed by atoms with Crippen molar-refractivity contribution in [3.63, 3.8) is 0 Å². The fourth-order valence-electron chi connectivity index (χ4n) is 2.98. The molecule has 10 heteroatoms. The molecule has 3 N–H and O–H groups in total. The lowest BCUT2D eigenvalue weighted by Gasteiger charge is -2.06. The highest BCUT2D eigenvalue weighted by Gasteiger charge is 2.17. The van der Waals surface area contributed by atoms with E-state index in [0.29, 0.717) is 22.6 Å². The monoisotopic (exact) mass is 448 g/mol. The number of hydrogen-bond acceptors (Lipinski definition) is 6. The van der Waals surface area contributed by atoms with Crippen LogP contribution in [0.25, 0.3) is 17.3 Å². The molecule has 32 heavy (non-hydrogen) atoms. The molecule has 162 valence electrons. The lowest BCUT2D eigenvalue weighted by Crippen LogP contribution is -2.11. The average molecular weight is 449 g/mol. The van der Waals surface area contributed by atoms with Crippen molar-refractivity contribution >= 4 is 33.4 Å². The van der Waals surface area contributed by atoms with Gasteiger partial charge in [-0.2, -0.15) is 5.10 Å². The number of hydrogen-bond donors (Lipinski definition) is 2. The van der Waals surface area contributed by atoms with Crippen molar-refractivity contribution < 1.29 is 13.2 Å². The number of benzene rings is 1. The minimum absolute atomic E-state index is 0.0496. The van der Waals surface area contributed by atoms with Gasteiger partial charge in [-0.15, -0.1) is 0 Å². The number of aryl methyl sites for hydroxylation is 1. The Bertz CT molecular complexity index is 1400. The number of aromatic nitrogens is 4. The number of carbonyl (C=O) groups excluding carboxylic acids is 1. The fourth-order valence-corrected chi connectivity index (χ4v) is 4.13. The molecule has 3 aromatic heterocycles. The number of para-hydroxylation sites is 2. The Morgan fingerprint density at radius 2 is 1.91 bits per heavy atom. The molecular weight excluding hydrogens is 428 g/mol. The van der Waals surface area contributed by atoms with Crippen LogP contribution < -0.4 is 11.1 Å². The number of nitrogens with two attached hydrogens (primary N) is 1. The van der Waals surface area contributed by atoms with Crippen LogP contribution in [0.2, 0.25) is 0 Å². The van der Waals surface area contributed by atoms with Crippen LogP contribution in [0.3, 0.4) is 0 Å². The zero-order chi connectivity index (χ0) is 22.7. The molecule has 0 fully saturated rings. The molecule has 0 aliphatic carbocycles. The van der Waals surface area contributed by atoms with E-state index in [2.05, 4.69) is 15.4 Å². The van der Waals surface area contributed by atoms with Gasteiger partial charge in [0.1, 0.15) is 4.90 Å². The second kappa shape index (κ2) is 8.52. The molecule has 3 heterocycles. The van der Waals surface area contributed by atoms with Gasteiger partial charge in [0, 0.05) is 43.5 Å². The number of rotatable bonds is 6. The number of nitrogens with zero attached hydrogens (tertiary/aromatic N) is 4. The Morgan fingerprint density at radius 1 is 1.09 bits per heavy atom. The second-order valence-electron chi connectivity index (χ2n) is 6.97. The Labute approximate surface area is 184 Å². The summed E-state index contributed by atoms with van der Waals surface area (Å²) in [5, 5.41) is 6.76. The first-order valence-corrected chi connectivity index (χ1v) is 11.0. The lowest BCUT2D eigenvalue weighted by molar-refractivity contribution is -0.111. The number of nitrogens with one attached hydrogen (secondary N) is 1. The van der Waals surface area contributed by atoms with Crippen LogP contribution >= 0.6 is 0 Å². The zero-order valence-corrected chi connectivity index (χ0v) is 17.9. The van der Waals surface area contributed by atoms with Crippen LogP contribution in [0.15, 0.2) is 84.4 Å². The largest absolute Gasteiger partial charge is 0.397 e.